The van der Waals surface area contributed by atoms with Gasteiger partial charge in [-0.2, -0.15) is 0 Å². The van der Waals surface area contributed by atoms with E-state index in [0.29, 0.717) is 26.7 Å². The van der Waals surface area contributed by atoms with E-state index in [9.17, 15) is 9.81 Å². The second-order valence-electron chi connectivity index (χ2n) is 4.84. The van der Waals surface area contributed by atoms with Gasteiger partial charge in [0.2, 0.25) is 0 Å². The zero-order valence-electron chi connectivity index (χ0n) is 13.0. The highest BCUT2D eigenvalue weighted by molar-refractivity contribution is 5.33. The molecule has 8 heteroatoms. The average Bonchev–Trinajstić information content (AvgIpc) is 2.61. The van der Waals surface area contributed by atoms with E-state index < -0.39 is 0 Å². The van der Waals surface area contributed by atoms with Crippen LogP contribution in [0.5, 0.6) is 0 Å². The molecule has 0 atom stereocenters. The van der Waals surface area contributed by atoms with Gasteiger partial charge in [0.15, 0.2) is 0 Å². The molecule has 2 aliphatic heterocycles. The first-order valence-electron chi connectivity index (χ1n) is 7.27. The molecule has 0 saturated heterocycles. The van der Waals surface area contributed by atoms with E-state index in [4.69, 9.17) is 9.47 Å². The van der Waals surface area contributed by atoms with Crippen molar-refractivity contribution in [2.45, 2.75) is 0 Å². The summed E-state index contributed by atoms with van der Waals surface area (Å²) in [4.78, 5) is 23.9. The molecule has 0 unspecified atom stereocenters. The summed E-state index contributed by atoms with van der Waals surface area (Å²) >= 11 is 0. The molecule has 0 aromatic heterocycles. The van der Waals surface area contributed by atoms with E-state index in [1.165, 1.54) is 12.4 Å². The predicted octanol–water partition coefficient (Wildman–Crippen LogP) is 2.92. The standard InChI is InChI=1S/C16H18N4O4/c21-17-11-15-1-5-19(6-2-15)13-23-9-10-24-14-20-7-3-16(4-8-20)12-18-22/h1-8,11-12H,9-10,13-14H2. The molecule has 0 N–H and O–H groups in total. The molecular formula is C16H18N4O4. The largest absolute Gasteiger partial charge is 0.358 e. The van der Waals surface area contributed by atoms with E-state index in [2.05, 4.69) is 10.4 Å². The van der Waals surface area contributed by atoms with Gasteiger partial charge in [-0.15, -0.1) is 9.81 Å². The van der Waals surface area contributed by atoms with E-state index in [-0.39, 0.29) is 0 Å². The van der Waals surface area contributed by atoms with Crippen molar-refractivity contribution in [1.82, 2.24) is 9.80 Å². The third kappa shape index (κ3) is 6.11. The van der Waals surface area contributed by atoms with Crippen molar-refractivity contribution in [3.8, 4) is 0 Å². The molecule has 0 spiro atoms. The zero-order valence-corrected chi connectivity index (χ0v) is 13.0. The van der Waals surface area contributed by atoms with Crippen LogP contribution in [-0.2, 0) is 9.47 Å². The van der Waals surface area contributed by atoms with Crippen LogP contribution < -0.4 is 0 Å². The maximum Gasteiger partial charge on any atom is 0.122 e. The van der Waals surface area contributed by atoms with Crippen molar-refractivity contribution in [3.63, 3.8) is 0 Å². The SMILES string of the molecule is O=NC=C1C=CN(COCCOCN2C=CC(=CN=O)C=C2)C=C1. The van der Waals surface area contributed by atoms with Crippen LogP contribution in [0.25, 0.3) is 0 Å². The number of hydrogen-bond acceptors (Lipinski definition) is 8. The lowest BCUT2D eigenvalue weighted by molar-refractivity contribution is 0.00125. The number of allylic oxidation sites excluding steroid dienone is 6. The minimum Gasteiger partial charge on any atom is -0.358 e. The number of nitroso groups, excluding NO2 is 2. The Morgan fingerprint density at radius 3 is 1.46 bits per heavy atom. The summed E-state index contributed by atoms with van der Waals surface area (Å²) in [7, 11) is 0. The Labute approximate surface area is 139 Å². The highest BCUT2D eigenvalue weighted by Gasteiger charge is 2.02. The molecule has 8 nitrogen and oxygen atoms in total. The summed E-state index contributed by atoms with van der Waals surface area (Å²) in [6, 6.07) is 0. The van der Waals surface area contributed by atoms with Gasteiger partial charge in [-0.05, 0) is 45.8 Å². The molecule has 2 aliphatic rings. The average molecular weight is 330 g/mol. The topological polar surface area (TPSA) is 83.8 Å². The summed E-state index contributed by atoms with van der Waals surface area (Å²) in [5.41, 5.74) is 1.49. The lowest BCUT2D eigenvalue weighted by Gasteiger charge is -2.20. The molecule has 0 aliphatic carbocycles. The first kappa shape index (κ1) is 17.5. The Balaban J connectivity index is 1.54. The van der Waals surface area contributed by atoms with Gasteiger partial charge in [0, 0.05) is 24.8 Å². The molecular weight excluding hydrogens is 312 g/mol. The van der Waals surface area contributed by atoms with E-state index in [0.717, 1.165) is 11.1 Å². The monoisotopic (exact) mass is 330 g/mol. The van der Waals surface area contributed by atoms with Gasteiger partial charge in [-0.25, -0.2) is 0 Å². The van der Waals surface area contributed by atoms with Crippen molar-refractivity contribution in [1.29, 1.82) is 0 Å². The van der Waals surface area contributed by atoms with E-state index in [1.807, 2.05) is 9.80 Å². The van der Waals surface area contributed by atoms with Crippen molar-refractivity contribution >= 4 is 0 Å². The first-order chi connectivity index (χ1) is 11.8. The Bertz CT molecular complexity index is 534. The Hall–Kier alpha value is -2.84. The van der Waals surface area contributed by atoms with Crippen LogP contribution in [0.2, 0.25) is 0 Å². The summed E-state index contributed by atoms with van der Waals surface area (Å²) in [5, 5.41) is 5.43. The Kier molecular flexibility index (Phi) is 7.32. The highest BCUT2D eigenvalue weighted by atomic mass is 16.5. The van der Waals surface area contributed by atoms with Crippen molar-refractivity contribution < 1.29 is 9.47 Å². The van der Waals surface area contributed by atoms with Crippen LogP contribution in [0, 0.1) is 9.81 Å². The third-order valence-electron chi connectivity index (χ3n) is 3.09. The minimum atomic E-state index is 0.397. The third-order valence-corrected chi connectivity index (χ3v) is 3.09. The van der Waals surface area contributed by atoms with Crippen LogP contribution in [0.3, 0.4) is 0 Å². The molecule has 0 saturated carbocycles. The smallest absolute Gasteiger partial charge is 0.122 e. The Morgan fingerprint density at radius 1 is 0.750 bits per heavy atom. The van der Waals surface area contributed by atoms with Crippen LogP contribution in [0.1, 0.15) is 0 Å². The second-order valence-corrected chi connectivity index (χ2v) is 4.84. The fraction of sp³-hybridized carbons (Fsp3) is 0.250. The van der Waals surface area contributed by atoms with Crippen LogP contribution in [0.15, 0.2) is 83.0 Å². The van der Waals surface area contributed by atoms with E-state index in [1.54, 1.807) is 49.1 Å². The van der Waals surface area contributed by atoms with Crippen molar-refractivity contribution in [3.05, 3.63) is 82.5 Å². The fourth-order valence-corrected chi connectivity index (χ4v) is 1.86. The van der Waals surface area contributed by atoms with Gasteiger partial charge in [-0.1, -0.05) is 0 Å². The molecule has 126 valence electrons. The van der Waals surface area contributed by atoms with Crippen LogP contribution >= 0.6 is 0 Å². The zero-order chi connectivity index (χ0) is 17.0. The fourth-order valence-electron chi connectivity index (χ4n) is 1.86. The minimum absolute atomic E-state index is 0.397. The molecule has 0 aromatic rings. The van der Waals surface area contributed by atoms with Gasteiger partial charge in [0.25, 0.3) is 0 Å². The molecule has 0 aromatic carbocycles. The normalized spacial score (nSPS) is 15.8. The maximum atomic E-state index is 10.1. The van der Waals surface area contributed by atoms with Gasteiger partial charge in [0.05, 0.1) is 25.6 Å². The second kappa shape index (κ2) is 10.0. The number of ether oxygens (including phenoxy) is 2. The quantitative estimate of drug-likeness (QED) is 0.477. The van der Waals surface area contributed by atoms with Crippen molar-refractivity contribution in [2.75, 3.05) is 26.7 Å². The Morgan fingerprint density at radius 2 is 1.12 bits per heavy atom. The lowest BCUT2D eigenvalue weighted by Crippen LogP contribution is -2.20. The van der Waals surface area contributed by atoms with Crippen molar-refractivity contribution in [2.24, 2.45) is 10.4 Å². The number of nitrogens with zero attached hydrogens (tertiary/aromatic N) is 4. The molecule has 24 heavy (non-hydrogen) atoms. The molecule has 0 radical (unpaired) electrons. The molecule has 0 bridgehead atoms. The summed E-state index contributed by atoms with van der Waals surface area (Å²) in [6.45, 7) is 1.71. The molecule has 0 amide bonds. The predicted molar refractivity (Wildman–Crippen MR) is 89.6 cm³/mol. The molecule has 2 heterocycles. The maximum absolute atomic E-state index is 10.1. The highest BCUT2D eigenvalue weighted by Crippen LogP contribution is 2.10. The summed E-state index contributed by atoms with van der Waals surface area (Å²) in [6.07, 6.45) is 16.8. The lowest BCUT2D eigenvalue weighted by atomic mass is 10.2. The van der Waals surface area contributed by atoms with Crippen LogP contribution in [0.4, 0.5) is 0 Å². The summed E-state index contributed by atoms with van der Waals surface area (Å²) in [5.74, 6) is 0. The number of hydrogen-bond donors (Lipinski definition) is 0. The van der Waals surface area contributed by atoms with Gasteiger partial charge >= 0.3 is 0 Å². The van der Waals surface area contributed by atoms with E-state index >= 15 is 0 Å². The van der Waals surface area contributed by atoms with Crippen LogP contribution in [-0.4, -0.2) is 36.5 Å². The summed E-state index contributed by atoms with van der Waals surface area (Å²) < 4.78 is 11.0. The first-order valence-corrected chi connectivity index (χ1v) is 7.27. The number of rotatable bonds is 9. The van der Waals surface area contributed by atoms with Gasteiger partial charge in [0.1, 0.15) is 13.5 Å². The molecule has 2 rings (SSSR count). The van der Waals surface area contributed by atoms with Gasteiger partial charge < -0.3 is 19.3 Å². The van der Waals surface area contributed by atoms with Gasteiger partial charge in [-0.3, -0.25) is 0 Å². The molecule has 0 fully saturated rings.